The van der Waals surface area contributed by atoms with Crippen LogP contribution in [-0.4, -0.2) is 16.0 Å². The Balaban J connectivity index is 1.75. The molecular weight excluding hydrogens is 494 g/mol. The minimum atomic E-state index is -0.370. The number of amides is 1. The fourth-order valence-corrected chi connectivity index (χ4v) is 4.07. The third-order valence-electron chi connectivity index (χ3n) is 5.56. The Labute approximate surface area is 203 Å². The molecule has 6 nitrogen and oxygen atoms in total. The smallest absolute Gasteiger partial charge is 0.261 e. The number of carbonyl (C=O) groups excluding carboxylic acids is 1. The molecule has 3 aromatic carbocycles. The molecular formula is C27H20BrN3O3. The molecule has 0 saturated carbocycles. The van der Waals surface area contributed by atoms with Gasteiger partial charge in [0.25, 0.3) is 5.91 Å². The zero-order valence-corrected chi connectivity index (χ0v) is 19.8. The van der Waals surface area contributed by atoms with Crippen molar-refractivity contribution in [2.24, 2.45) is 4.99 Å². The Morgan fingerprint density at radius 2 is 1.82 bits per heavy atom. The van der Waals surface area contributed by atoms with Gasteiger partial charge in [-0.25, -0.2) is 4.99 Å². The van der Waals surface area contributed by atoms with Crippen LogP contribution in [0, 0.1) is 6.92 Å². The van der Waals surface area contributed by atoms with E-state index in [1.807, 2.05) is 61.5 Å². The van der Waals surface area contributed by atoms with Crippen LogP contribution in [0.25, 0.3) is 21.7 Å². The molecule has 168 valence electrons. The molecule has 0 fully saturated rings. The number of aromatic nitrogens is 1. The summed E-state index contributed by atoms with van der Waals surface area (Å²) < 4.78 is 7.10. The van der Waals surface area contributed by atoms with Gasteiger partial charge in [0.1, 0.15) is 5.56 Å². The van der Waals surface area contributed by atoms with Gasteiger partial charge in [0, 0.05) is 32.7 Å². The molecule has 0 spiro atoms. The van der Waals surface area contributed by atoms with Crippen LogP contribution in [0.15, 0.2) is 92.9 Å². The van der Waals surface area contributed by atoms with Crippen molar-refractivity contribution in [2.75, 3.05) is 5.32 Å². The summed E-state index contributed by atoms with van der Waals surface area (Å²) in [6.07, 6.45) is 1.59. The first-order valence-corrected chi connectivity index (χ1v) is 11.5. The van der Waals surface area contributed by atoms with Gasteiger partial charge in [-0.2, -0.15) is 0 Å². The summed E-state index contributed by atoms with van der Waals surface area (Å²) in [6, 6.07) is 22.7. The number of pyridine rings is 1. The lowest BCUT2D eigenvalue weighted by atomic mass is 10.1. The van der Waals surface area contributed by atoms with E-state index in [-0.39, 0.29) is 23.6 Å². The zero-order valence-electron chi connectivity index (χ0n) is 18.2. The summed E-state index contributed by atoms with van der Waals surface area (Å²) in [5.41, 5.74) is 3.42. The molecule has 2 N–H and O–H groups in total. The van der Waals surface area contributed by atoms with E-state index >= 15 is 0 Å². The number of halogens is 1. The van der Waals surface area contributed by atoms with E-state index in [0.29, 0.717) is 33.6 Å². The third-order valence-corrected chi connectivity index (χ3v) is 6.09. The lowest BCUT2D eigenvalue weighted by Crippen LogP contribution is -2.22. The maximum absolute atomic E-state index is 13.4. The van der Waals surface area contributed by atoms with E-state index in [4.69, 9.17) is 9.41 Å². The lowest BCUT2D eigenvalue weighted by molar-refractivity contribution is 0.102. The second-order valence-electron chi connectivity index (χ2n) is 7.81. The van der Waals surface area contributed by atoms with Crippen molar-refractivity contribution < 1.29 is 14.3 Å². The number of aliphatic hydroxyl groups excluding tert-OH is 1. The maximum Gasteiger partial charge on any atom is 0.261 e. The minimum Gasteiger partial charge on any atom is -0.436 e. The number of aliphatic hydroxyl groups is 1. The van der Waals surface area contributed by atoms with Crippen LogP contribution in [0.4, 0.5) is 11.4 Å². The average molecular weight is 514 g/mol. The molecule has 0 bridgehead atoms. The van der Waals surface area contributed by atoms with Crippen LogP contribution in [0.2, 0.25) is 0 Å². The molecule has 0 radical (unpaired) electrons. The second-order valence-corrected chi connectivity index (χ2v) is 8.72. The highest BCUT2D eigenvalue weighted by Gasteiger charge is 2.17. The van der Waals surface area contributed by atoms with Crippen LogP contribution in [0.1, 0.15) is 21.6 Å². The number of rotatable bonds is 4. The third kappa shape index (κ3) is 4.23. The van der Waals surface area contributed by atoms with Crippen molar-refractivity contribution in [3.8, 4) is 0 Å². The molecule has 0 atom stereocenters. The number of aryl methyl sites for hydroxylation is 1. The van der Waals surface area contributed by atoms with Gasteiger partial charge in [0.05, 0.1) is 18.0 Å². The highest BCUT2D eigenvalue weighted by Crippen LogP contribution is 2.26. The molecule has 5 aromatic rings. The Kier molecular flexibility index (Phi) is 5.96. The SMILES string of the molecule is Cc1ncc(CO)c2cc(C(=O)Nc3ccc(Br)cc3)c(=Nc3cccc4ccccc34)oc12. The van der Waals surface area contributed by atoms with E-state index in [9.17, 15) is 9.90 Å². The van der Waals surface area contributed by atoms with Crippen molar-refractivity contribution in [3.63, 3.8) is 0 Å². The Bertz CT molecular complexity index is 1600. The van der Waals surface area contributed by atoms with Crippen LogP contribution < -0.4 is 10.9 Å². The topological polar surface area (TPSA) is 87.7 Å². The second kappa shape index (κ2) is 9.21. The average Bonchev–Trinajstić information content (AvgIpc) is 2.86. The Morgan fingerprint density at radius 3 is 2.62 bits per heavy atom. The largest absolute Gasteiger partial charge is 0.436 e. The highest BCUT2D eigenvalue weighted by atomic mass is 79.9. The van der Waals surface area contributed by atoms with Gasteiger partial charge in [-0.05, 0) is 48.7 Å². The van der Waals surface area contributed by atoms with Crippen molar-refractivity contribution in [1.82, 2.24) is 4.98 Å². The summed E-state index contributed by atoms with van der Waals surface area (Å²) in [7, 11) is 0. The quantitative estimate of drug-likeness (QED) is 0.307. The van der Waals surface area contributed by atoms with Crippen molar-refractivity contribution in [2.45, 2.75) is 13.5 Å². The fraction of sp³-hybridized carbons (Fsp3) is 0.0741. The van der Waals surface area contributed by atoms with E-state index in [1.165, 1.54) is 0 Å². The van der Waals surface area contributed by atoms with E-state index in [2.05, 4.69) is 26.2 Å². The minimum absolute atomic E-state index is 0.165. The molecule has 0 aliphatic heterocycles. The zero-order chi connectivity index (χ0) is 23.7. The number of nitrogens with zero attached hydrogens (tertiary/aromatic N) is 2. The number of hydrogen-bond donors (Lipinski definition) is 2. The van der Waals surface area contributed by atoms with Gasteiger partial charge in [-0.1, -0.05) is 52.3 Å². The first-order chi connectivity index (χ1) is 16.5. The molecule has 2 aromatic heterocycles. The summed E-state index contributed by atoms with van der Waals surface area (Å²) in [6.45, 7) is 1.59. The molecule has 1 amide bonds. The maximum atomic E-state index is 13.4. The number of anilines is 1. The molecule has 0 saturated heterocycles. The fourth-order valence-electron chi connectivity index (χ4n) is 3.81. The van der Waals surface area contributed by atoms with Gasteiger partial charge >= 0.3 is 0 Å². The predicted molar refractivity (Wildman–Crippen MR) is 136 cm³/mol. The molecule has 7 heteroatoms. The number of carbonyl (C=O) groups is 1. The number of fused-ring (bicyclic) bond motifs is 2. The molecule has 0 unspecified atom stereocenters. The standard InChI is InChI=1S/C27H20BrN3O3/c1-16-25-22(18(15-32)14-29-16)13-23(26(33)30-20-11-9-19(28)10-12-20)27(34-25)31-24-8-4-6-17-5-2-3-7-21(17)24/h2-14,32H,15H2,1H3,(H,30,33). The van der Waals surface area contributed by atoms with Crippen LogP contribution in [-0.2, 0) is 6.61 Å². The monoisotopic (exact) mass is 513 g/mol. The van der Waals surface area contributed by atoms with Crippen LogP contribution >= 0.6 is 15.9 Å². The molecule has 0 aliphatic rings. The summed E-state index contributed by atoms with van der Waals surface area (Å²) in [4.78, 5) is 22.5. The van der Waals surface area contributed by atoms with Crippen LogP contribution in [0.3, 0.4) is 0 Å². The van der Waals surface area contributed by atoms with E-state index < -0.39 is 0 Å². The Morgan fingerprint density at radius 1 is 1.06 bits per heavy atom. The van der Waals surface area contributed by atoms with Crippen molar-refractivity contribution >= 4 is 55.0 Å². The number of benzene rings is 3. The summed E-state index contributed by atoms with van der Waals surface area (Å²) in [5, 5.41) is 15.3. The number of hydrogen-bond acceptors (Lipinski definition) is 5. The summed E-state index contributed by atoms with van der Waals surface area (Å²) in [5.74, 6) is -0.370. The van der Waals surface area contributed by atoms with Gasteiger partial charge in [0.2, 0.25) is 5.55 Å². The van der Waals surface area contributed by atoms with Gasteiger partial charge in [0.15, 0.2) is 5.58 Å². The van der Waals surface area contributed by atoms with Crippen molar-refractivity contribution in [1.29, 1.82) is 0 Å². The lowest BCUT2D eigenvalue weighted by Gasteiger charge is -2.10. The first-order valence-electron chi connectivity index (χ1n) is 10.7. The highest BCUT2D eigenvalue weighted by molar-refractivity contribution is 9.10. The molecule has 5 rings (SSSR count). The normalized spacial score (nSPS) is 11.8. The van der Waals surface area contributed by atoms with E-state index in [0.717, 1.165) is 15.2 Å². The predicted octanol–water partition coefficient (Wildman–Crippen LogP) is 6.03. The Hall–Kier alpha value is -3.81. The first kappa shape index (κ1) is 22.0. The summed E-state index contributed by atoms with van der Waals surface area (Å²) >= 11 is 3.40. The van der Waals surface area contributed by atoms with Gasteiger partial charge in [-0.15, -0.1) is 0 Å². The molecule has 0 aliphatic carbocycles. The van der Waals surface area contributed by atoms with Crippen molar-refractivity contribution in [3.05, 3.63) is 106 Å². The van der Waals surface area contributed by atoms with Gasteiger partial charge < -0.3 is 14.8 Å². The number of nitrogens with one attached hydrogen (secondary N) is 1. The van der Waals surface area contributed by atoms with E-state index in [1.54, 1.807) is 24.4 Å². The van der Waals surface area contributed by atoms with Crippen LogP contribution in [0.5, 0.6) is 0 Å². The molecule has 2 heterocycles. The van der Waals surface area contributed by atoms with Gasteiger partial charge in [-0.3, -0.25) is 9.78 Å². The molecule has 34 heavy (non-hydrogen) atoms.